The van der Waals surface area contributed by atoms with E-state index in [4.69, 9.17) is 34.9 Å². The van der Waals surface area contributed by atoms with E-state index < -0.39 is 12.0 Å². The number of thiocarbonyl (C=S) groups is 1. The maximum atomic E-state index is 12.2. The lowest BCUT2D eigenvalue weighted by molar-refractivity contribution is -0.141. The smallest absolute Gasteiger partial charge is 0.329 e. The lowest BCUT2D eigenvalue weighted by atomic mass is 10.1. The third-order valence-electron chi connectivity index (χ3n) is 2.93. The van der Waals surface area contributed by atoms with E-state index in [1.165, 1.54) is 23.3 Å². The Labute approximate surface area is 141 Å². The van der Waals surface area contributed by atoms with E-state index in [0.29, 0.717) is 15.5 Å². The summed E-state index contributed by atoms with van der Waals surface area (Å²) in [5.41, 5.74) is 6.75. The molecule has 0 amide bonds. The normalized spacial score (nSPS) is 11.7. The second-order valence-corrected chi connectivity index (χ2v) is 6.40. The van der Waals surface area contributed by atoms with Gasteiger partial charge < -0.3 is 10.5 Å². The number of nitrogens with one attached hydrogen (secondary N) is 1. The number of carbonyl (C=O) groups is 1. The molecular weight excluding hydrogens is 340 g/mol. The topological polar surface area (TPSA) is 84.2 Å². The molecule has 22 heavy (non-hydrogen) atoms. The first-order chi connectivity index (χ1) is 10.5. The molecule has 1 atom stereocenters. The monoisotopic (exact) mass is 354 g/mol. The SMILES string of the molecule is COC(=O)[C@H](Cc1ccccc1)N(C(N)=S)c1n[nH]c(=S)s1. The highest BCUT2D eigenvalue weighted by Crippen LogP contribution is 2.22. The molecule has 1 aromatic heterocycles. The Hall–Kier alpha value is -1.84. The molecule has 0 fully saturated rings. The molecule has 0 aliphatic heterocycles. The van der Waals surface area contributed by atoms with Crippen molar-refractivity contribution in [3.05, 3.63) is 39.8 Å². The predicted octanol–water partition coefficient (Wildman–Crippen LogP) is 2.03. The van der Waals surface area contributed by atoms with E-state index in [1.54, 1.807) is 0 Å². The number of rotatable bonds is 5. The average Bonchev–Trinajstić information content (AvgIpc) is 2.92. The Morgan fingerprint density at radius 3 is 2.68 bits per heavy atom. The number of nitrogens with zero attached hydrogens (tertiary/aromatic N) is 2. The molecule has 3 N–H and O–H groups in total. The lowest BCUT2D eigenvalue weighted by Crippen LogP contribution is -2.49. The van der Waals surface area contributed by atoms with Gasteiger partial charge in [-0.05, 0) is 30.0 Å². The van der Waals surface area contributed by atoms with Crippen LogP contribution >= 0.6 is 35.8 Å². The van der Waals surface area contributed by atoms with Crippen molar-refractivity contribution in [1.82, 2.24) is 10.2 Å². The maximum Gasteiger partial charge on any atom is 0.329 e. The van der Waals surface area contributed by atoms with Gasteiger partial charge in [-0.25, -0.2) is 4.79 Å². The minimum atomic E-state index is -0.709. The molecule has 6 nitrogen and oxygen atoms in total. The van der Waals surface area contributed by atoms with E-state index in [2.05, 4.69) is 10.2 Å². The van der Waals surface area contributed by atoms with Crippen molar-refractivity contribution in [3.63, 3.8) is 0 Å². The summed E-state index contributed by atoms with van der Waals surface area (Å²) < 4.78 is 5.36. The Kier molecular flexibility index (Phi) is 5.58. The Balaban J connectivity index is 2.39. The zero-order valence-corrected chi connectivity index (χ0v) is 14.1. The molecule has 0 unspecified atom stereocenters. The number of esters is 1. The number of anilines is 1. The van der Waals surface area contributed by atoms with E-state index in [9.17, 15) is 4.79 Å². The second-order valence-electron chi connectivity index (χ2n) is 4.33. The number of carbonyl (C=O) groups excluding carboxylic acids is 1. The Bertz CT molecular complexity index is 713. The summed E-state index contributed by atoms with van der Waals surface area (Å²) in [7, 11) is 1.32. The van der Waals surface area contributed by atoms with E-state index in [0.717, 1.165) is 5.56 Å². The van der Waals surface area contributed by atoms with Gasteiger partial charge in [0.2, 0.25) is 5.13 Å². The number of aromatic amines is 1. The van der Waals surface area contributed by atoms with Gasteiger partial charge in [-0.3, -0.25) is 10.00 Å². The van der Waals surface area contributed by atoms with Crippen LogP contribution < -0.4 is 10.6 Å². The van der Waals surface area contributed by atoms with E-state index >= 15 is 0 Å². The molecule has 0 saturated heterocycles. The van der Waals surface area contributed by atoms with Crippen LogP contribution in [0.3, 0.4) is 0 Å². The van der Waals surface area contributed by atoms with Crippen LogP contribution in [0, 0.1) is 3.95 Å². The molecular formula is C13H14N4O2S3. The molecule has 1 heterocycles. The van der Waals surface area contributed by atoms with Crippen molar-refractivity contribution in [2.75, 3.05) is 12.0 Å². The highest BCUT2D eigenvalue weighted by atomic mass is 32.1. The van der Waals surface area contributed by atoms with Gasteiger partial charge in [0.05, 0.1) is 7.11 Å². The fourth-order valence-electron chi connectivity index (χ4n) is 1.96. The number of nitrogens with two attached hydrogens (primary N) is 1. The first-order valence-corrected chi connectivity index (χ1v) is 7.92. The number of hydrogen-bond donors (Lipinski definition) is 2. The van der Waals surface area contributed by atoms with Crippen LogP contribution in [0.25, 0.3) is 0 Å². The summed E-state index contributed by atoms with van der Waals surface area (Å²) in [4.78, 5) is 13.7. The fourth-order valence-corrected chi connectivity index (χ4v) is 3.17. The number of ether oxygens (including phenoxy) is 1. The third kappa shape index (κ3) is 3.87. The van der Waals surface area contributed by atoms with E-state index in [1.807, 2.05) is 30.3 Å². The summed E-state index contributed by atoms with van der Waals surface area (Å²) in [6.45, 7) is 0. The van der Waals surface area contributed by atoms with Gasteiger partial charge in [-0.15, -0.1) is 5.10 Å². The molecule has 116 valence electrons. The first kappa shape index (κ1) is 16.5. The number of H-pyrrole nitrogens is 1. The van der Waals surface area contributed by atoms with Gasteiger partial charge in [0, 0.05) is 6.42 Å². The summed E-state index contributed by atoms with van der Waals surface area (Å²) in [5.74, 6) is -0.447. The molecule has 0 radical (unpaired) electrons. The van der Waals surface area contributed by atoms with Crippen LogP contribution in [0.1, 0.15) is 5.56 Å². The molecule has 0 saturated carbocycles. The second kappa shape index (κ2) is 7.43. The molecule has 0 bridgehead atoms. The van der Waals surface area contributed by atoms with Crippen LogP contribution in [0.15, 0.2) is 30.3 Å². The number of benzene rings is 1. The van der Waals surface area contributed by atoms with Crippen LogP contribution in [0.4, 0.5) is 5.13 Å². The summed E-state index contributed by atoms with van der Waals surface area (Å²) in [6, 6.07) is 8.82. The van der Waals surface area contributed by atoms with Crippen LogP contribution in [-0.4, -0.2) is 34.4 Å². The Morgan fingerprint density at radius 2 is 2.18 bits per heavy atom. The highest BCUT2D eigenvalue weighted by Gasteiger charge is 2.31. The van der Waals surface area contributed by atoms with Crippen LogP contribution in [-0.2, 0) is 16.0 Å². The third-order valence-corrected chi connectivity index (χ3v) is 4.21. The predicted molar refractivity (Wildman–Crippen MR) is 92.5 cm³/mol. The molecule has 0 aliphatic rings. The largest absolute Gasteiger partial charge is 0.467 e. The van der Waals surface area contributed by atoms with E-state index in [-0.39, 0.29) is 5.11 Å². The van der Waals surface area contributed by atoms with Gasteiger partial charge in [-0.1, -0.05) is 41.7 Å². The van der Waals surface area contributed by atoms with Crippen molar-refractivity contribution in [2.45, 2.75) is 12.5 Å². The highest BCUT2D eigenvalue weighted by molar-refractivity contribution is 7.80. The molecule has 9 heteroatoms. The molecule has 0 aliphatic carbocycles. The van der Waals surface area contributed by atoms with Gasteiger partial charge in [-0.2, -0.15) is 0 Å². The minimum absolute atomic E-state index is 0.0316. The minimum Gasteiger partial charge on any atom is -0.467 e. The molecule has 2 aromatic rings. The summed E-state index contributed by atoms with van der Waals surface area (Å²) >= 11 is 11.3. The van der Waals surface area contributed by atoms with Crippen molar-refractivity contribution in [3.8, 4) is 0 Å². The summed E-state index contributed by atoms with van der Waals surface area (Å²) in [6.07, 6.45) is 0.386. The van der Waals surface area contributed by atoms with Gasteiger partial charge in [0.15, 0.2) is 9.07 Å². The van der Waals surface area contributed by atoms with Gasteiger partial charge in [0.1, 0.15) is 6.04 Å². The van der Waals surface area contributed by atoms with Crippen molar-refractivity contribution in [1.29, 1.82) is 0 Å². The van der Waals surface area contributed by atoms with Gasteiger partial charge >= 0.3 is 5.97 Å². The quantitative estimate of drug-likeness (QED) is 0.628. The molecule has 2 rings (SSSR count). The van der Waals surface area contributed by atoms with Crippen LogP contribution in [0.5, 0.6) is 0 Å². The van der Waals surface area contributed by atoms with Crippen molar-refractivity contribution in [2.24, 2.45) is 5.73 Å². The average molecular weight is 354 g/mol. The summed E-state index contributed by atoms with van der Waals surface area (Å²) in [5, 5.41) is 7.18. The number of hydrogen-bond acceptors (Lipinski definition) is 6. The number of aromatic nitrogens is 2. The number of methoxy groups -OCH3 is 1. The van der Waals surface area contributed by atoms with Crippen LogP contribution in [0.2, 0.25) is 0 Å². The maximum absolute atomic E-state index is 12.2. The first-order valence-electron chi connectivity index (χ1n) is 6.29. The standard InChI is InChI=1S/C13H14N4O2S3/c1-19-10(18)9(7-8-5-3-2-4-6-8)17(11(14)20)12-15-16-13(21)22-12/h2-6,9H,7H2,1H3,(H2,14,20)(H,16,21)/t9-/m0/s1. The molecule has 0 spiro atoms. The zero-order valence-electron chi connectivity index (χ0n) is 11.7. The molecule has 1 aromatic carbocycles. The zero-order chi connectivity index (χ0) is 16.1. The Morgan fingerprint density at radius 1 is 1.50 bits per heavy atom. The van der Waals surface area contributed by atoms with Gasteiger partial charge in [0.25, 0.3) is 0 Å². The van der Waals surface area contributed by atoms with Crippen molar-refractivity contribution < 1.29 is 9.53 Å². The van der Waals surface area contributed by atoms with Crippen molar-refractivity contribution >= 4 is 52.0 Å². The fraction of sp³-hybridized carbons (Fsp3) is 0.231. The lowest BCUT2D eigenvalue weighted by Gasteiger charge is -2.27.